The van der Waals surface area contributed by atoms with Crippen molar-refractivity contribution in [1.82, 2.24) is 63.8 Å². The molecule has 13 atom stereocenters. The number of aliphatic hydroxyl groups excluding tert-OH is 5. The van der Waals surface area contributed by atoms with Gasteiger partial charge in [0.05, 0.1) is 44.6 Å². The van der Waals surface area contributed by atoms with Gasteiger partial charge in [0.15, 0.2) is 5.96 Å². The SMILES string of the molecule is CC(C)C[C@H](NC(=O)[C@@H](NC(=O)[C@H](Cc1ccc(Br)cc1)NC(=O)[C@H](CO)NC(=O)[C@@H](N)CCCN=C(N)N)[C@@H](C)O)C(=O)N[C@@H](C)C(=O)N[C@@H](CO)C(=O)N[C@@H](CO)C(=O)N[C@@H](CCC(=O)O)C(=O)N[C@H](C(=O)NCC(=O)N[C@H](C(=O)NCC(=O)O)C(C)C)[C@@H](C)O. The molecule has 0 aromatic heterocycles. The Labute approximate surface area is 543 Å². The number of hydrogen-bond donors (Lipinski definition) is 22. The number of benzene rings is 1. The van der Waals surface area contributed by atoms with Gasteiger partial charge < -0.3 is 117 Å². The zero-order valence-corrected chi connectivity index (χ0v) is 53.9. The van der Waals surface area contributed by atoms with E-state index in [1.807, 2.05) is 5.32 Å². The van der Waals surface area contributed by atoms with Crippen LogP contribution in [0, 0.1) is 11.8 Å². The van der Waals surface area contributed by atoms with Crippen LogP contribution in [-0.4, -0.2) is 243 Å². The van der Waals surface area contributed by atoms with Crippen LogP contribution in [-0.2, 0) is 73.5 Å². The van der Waals surface area contributed by atoms with Gasteiger partial charge in [-0.1, -0.05) is 55.8 Å². The Hall–Kier alpha value is -8.69. The van der Waals surface area contributed by atoms with Crippen molar-refractivity contribution in [2.24, 2.45) is 34.0 Å². The lowest BCUT2D eigenvalue weighted by Crippen LogP contribution is -2.62. The maximum Gasteiger partial charge on any atom is 0.322 e. The van der Waals surface area contributed by atoms with E-state index >= 15 is 0 Å². The van der Waals surface area contributed by atoms with E-state index in [0.717, 1.165) is 20.8 Å². The minimum atomic E-state index is -1.99. The molecule has 0 fully saturated rings. The summed E-state index contributed by atoms with van der Waals surface area (Å²) in [6.45, 7) is 4.95. The fourth-order valence-corrected chi connectivity index (χ4v) is 8.46. The number of carboxylic acids is 2. The first-order valence-corrected chi connectivity index (χ1v) is 30.0. The summed E-state index contributed by atoms with van der Waals surface area (Å²) in [6.07, 6.45) is -4.86. The van der Waals surface area contributed by atoms with Crippen LogP contribution in [0.2, 0.25) is 0 Å². The topological polar surface area (TPSA) is 615 Å². The molecule has 0 aliphatic heterocycles. The lowest BCUT2D eigenvalue weighted by atomic mass is 10.0. The second-order valence-electron chi connectivity index (χ2n) is 22.2. The molecular weight excluding hydrogens is 1300 g/mol. The molecule has 0 radical (unpaired) electrons. The first kappa shape index (κ1) is 82.3. The number of aliphatic hydroxyl groups is 5. The number of guanidine groups is 1. The van der Waals surface area contributed by atoms with Gasteiger partial charge in [-0.15, -0.1) is 0 Å². The number of amides is 12. The Morgan fingerprint density at radius 3 is 1.39 bits per heavy atom. The third kappa shape index (κ3) is 31.0. The highest BCUT2D eigenvalue weighted by Gasteiger charge is 2.37. The molecule has 1 rings (SSSR count). The van der Waals surface area contributed by atoms with E-state index in [-0.39, 0.29) is 44.1 Å². The van der Waals surface area contributed by atoms with Crippen LogP contribution >= 0.6 is 15.9 Å². The van der Waals surface area contributed by atoms with Gasteiger partial charge >= 0.3 is 11.9 Å². The molecule has 522 valence electrons. The highest BCUT2D eigenvalue weighted by atomic mass is 79.9. The van der Waals surface area contributed by atoms with Gasteiger partial charge in [-0.2, -0.15) is 0 Å². The maximum absolute atomic E-state index is 14.1. The predicted octanol–water partition coefficient (Wildman–Crippen LogP) is -9.14. The summed E-state index contributed by atoms with van der Waals surface area (Å²) in [5, 5.41) is 96.9. The molecule has 0 unspecified atom stereocenters. The number of halogens is 1. The van der Waals surface area contributed by atoms with Crippen molar-refractivity contribution < 1.29 is 103 Å². The molecule has 0 saturated heterocycles. The fourth-order valence-electron chi connectivity index (χ4n) is 8.20. The van der Waals surface area contributed by atoms with Gasteiger partial charge in [-0.05, 0) is 76.0 Å². The van der Waals surface area contributed by atoms with Crippen molar-refractivity contribution in [3.05, 3.63) is 34.3 Å². The molecule has 0 spiro atoms. The number of nitrogens with one attached hydrogen (secondary N) is 12. The zero-order valence-electron chi connectivity index (χ0n) is 52.4. The summed E-state index contributed by atoms with van der Waals surface area (Å²) in [5.74, 6) is -17.1. The van der Waals surface area contributed by atoms with Crippen LogP contribution in [0.4, 0.5) is 0 Å². The minimum absolute atomic E-state index is 0.0853. The Morgan fingerprint density at radius 2 is 0.914 bits per heavy atom. The van der Waals surface area contributed by atoms with Gasteiger partial charge in [0.2, 0.25) is 70.9 Å². The highest BCUT2D eigenvalue weighted by molar-refractivity contribution is 9.10. The van der Waals surface area contributed by atoms with E-state index in [2.05, 4.69) is 79.4 Å². The molecule has 0 heterocycles. The molecule has 1 aromatic carbocycles. The lowest BCUT2D eigenvalue weighted by Gasteiger charge is -2.28. The third-order valence-corrected chi connectivity index (χ3v) is 13.9. The third-order valence-electron chi connectivity index (χ3n) is 13.3. The Balaban J connectivity index is 3.24. The smallest absolute Gasteiger partial charge is 0.322 e. The van der Waals surface area contributed by atoms with Crippen molar-refractivity contribution in [2.75, 3.05) is 39.5 Å². The average molecular weight is 1390 g/mol. The quantitative estimate of drug-likeness (QED) is 0.0164. The summed E-state index contributed by atoms with van der Waals surface area (Å²) in [7, 11) is 0. The molecule has 0 saturated carbocycles. The number of hydrogen-bond acceptors (Lipinski definition) is 21. The van der Waals surface area contributed by atoms with Crippen LogP contribution < -0.4 is 81.0 Å². The second-order valence-corrected chi connectivity index (χ2v) is 23.1. The van der Waals surface area contributed by atoms with Crippen molar-refractivity contribution in [2.45, 2.75) is 166 Å². The van der Waals surface area contributed by atoms with E-state index in [9.17, 15) is 97.8 Å². The van der Waals surface area contributed by atoms with Crippen molar-refractivity contribution >= 4 is 105 Å². The van der Waals surface area contributed by atoms with Crippen molar-refractivity contribution in [3.63, 3.8) is 0 Å². The van der Waals surface area contributed by atoms with Gasteiger partial charge in [-0.25, -0.2) is 0 Å². The Kier molecular flexibility index (Phi) is 36.9. The number of nitrogens with zero attached hydrogens (tertiary/aromatic N) is 1. The van der Waals surface area contributed by atoms with Crippen LogP contribution in [0.3, 0.4) is 0 Å². The summed E-state index contributed by atoms with van der Waals surface area (Å²) in [4.78, 5) is 187. The number of rotatable bonds is 42. The molecule has 0 aliphatic carbocycles. The van der Waals surface area contributed by atoms with Crippen LogP contribution in [0.1, 0.15) is 86.1 Å². The van der Waals surface area contributed by atoms with Crippen LogP contribution in [0.15, 0.2) is 33.7 Å². The molecule has 37 nitrogen and oxygen atoms in total. The van der Waals surface area contributed by atoms with Crippen LogP contribution in [0.5, 0.6) is 0 Å². The average Bonchev–Trinajstić information content (AvgIpc) is 1.13. The maximum atomic E-state index is 14.1. The lowest BCUT2D eigenvalue weighted by molar-refractivity contribution is -0.139. The Bertz CT molecular complexity index is 2770. The molecule has 0 aliphatic rings. The first-order valence-electron chi connectivity index (χ1n) is 29.2. The van der Waals surface area contributed by atoms with Gasteiger partial charge in [0.25, 0.3) is 0 Å². The molecule has 12 amide bonds. The van der Waals surface area contributed by atoms with Gasteiger partial charge in [-0.3, -0.25) is 72.1 Å². The molecule has 38 heteroatoms. The number of carbonyl (C=O) groups is 14. The summed E-state index contributed by atoms with van der Waals surface area (Å²) < 4.78 is 0.662. The van der Waals surface area contributed by atoms with Gasteiger partial charge in [0, 0.05) is 23.9 Å². The minimum Gasteiger partial charge on any atom is -0.481 e. The number of aliphatic carboxylic acids is 2. The normalized spacial score (nSPS) is 15.3. The Morgan fingerprint density at radius 1 is 0.484 bits per heavy atom. The standard InChI is InChI=1S/C55H89BrN16O21/c1-24(2)17-33(66-54(93)43(28(7)77)72-48(87)34(18-29-10-12-30(56)13-11-29)65-50(89)36(22-74)68-45(84)31(57)9-8-16-60-55(58)59)47(86)63-26(5)44(83)67-35(21-73)51(90)69-37(23-75)49(88)64-32(14-15-39(79)80)46(85)71-42(27(6)76)53(92)61-19-38(78)70-41(25(3)4)52(91)62-20-40(81)82/h10-13,24-28,31-37,41-43,73-77H,8-9,14-23,57H2,1-7H3,(H,61,92)(H,62,91)(H,63,86)(H,64,88)(H,65,89)(H,66,93)(H,67,83)(H,68,84)(H,69,90)(H,70,78)(H,71,85)(H,72,87)(H,79,80)(H,81,82)(H4,58,59,60)/t26-,27+,28+,31-,32-,33-,34-,35-,36-,37-,41-,42-,43-/m0/s1. The highest BCUT2D eigenvalue weighted by Crippen LogP contribution is 2.14. The van der Waals surface area contributed by atoms with E-state index in [4.69, 9.17) is 22.3 Å². The predicted molar refractivity (Wildman–Crippen MR) is 330 cm³/mol. The largest absolute Gasteiger partial charge is 0.481 e. The number of aliphatic imine (C=N–C) groups is 1. The number of carboxylic acid groups (broad SMARTS) is 2. The number of carbonyl (C=O) groups excluding carboxylic acids is 12. The molecule has 93 heavy (non-hydrogen) atoms. The first-order chi connectivity index (χ1) is 43.5. The van der Waals surface area contributed by atoms with Crippen LogP contribution in [0.25, 0.3) is 0 Å². The molecular formula is C55H89BrN16O21. The van der Waals surface area contributed by atoms with E-state index in [1.165, 1.54) is 13.8 Å². The molecule has 25 N–H and O–H groups in total. The van der Waals surface area contributed by atoms with Crippen molar-refractivity contribution in [3.8, 4) is 0 Å². The van der Waals surface area contributed by atoms with E-state index in [0.29, 0.717) is 10.0 Å². The van der Waals surface area contributed by atoms with Gasteiger partial charge in [0.1, 0.15) is 67.0 Å². The molecule has 1 aromatic rings. The van der Waals surface area contributed by atoms with E-state index < -0.39 is 213 Å². The second kappa shape index (κ2) is 41.7. The van der Waals surface area contributed by atoms with Crippen molar-refractivity contribution in [1.29, 1.82) is 0 Å². The zero-order chi connectivity index (χ0) is 71.0. The molecule has 0 bridgehead atoms. The monoisotopic (exact) mass is 1390 g/mol. The summed E-state index contributed by atoms with van der Waals surface area (Å²) >= 11 is 3.31. The summed E-state index contributed by atoms with van der Waals surface area (Å²) in [5.41, 5.74) is 17.1. The number of nitrogens with two attached hydrogens (primary N) is 3. The van der Waals surface area contributed by atoms with E-state index in [1.54, 1.807) is 38.1 Å². The summed E-state index contributed by atoms with van der Waals surface area (Å²) in [6, 6.07) is -11.6. The fraction of sp³-hybridized carbons (Fsp3) is 0.618.